The van der Waals surface area contributed by atoms with Crippen LogP contribution in [0.25, 0.3) is 22.4 Å². The minimum Gasteiger partial charge on any atom is -0.256 e. The lowest BCUT2D eigenvalue weighted by atomic mass is 9.78. The number of halogens is 5. The first-order chi connectivity index (χ1) is 16.8. The maximum atomic E-state index is 15.4. The minimum atomic E-state index is -5.24. The molecule has 0 saturated heterocycles. The number of nitrogens with zero attached hydrogens (tertiary/aromatic N) is 2. The number of benzene rings is 2. The molecule has 0 amide bonds. The fraction of sp³-hybridized carbons (Fsp3) is 0.241. The van der Waals surface area contributed by atoms with Crippen molar-refractivity contribution in [2.75, 3.05) is 0 Å². The first kappa shape index (κ1) is 24.1. The fourth-order valence-corrected chi connectivity index (χ4v) is 4.70. The van der Waals surface area contributed by atoms with Gasteiger partial charge in [-0.05, 0) is 55.3 Å². The summed E-state index contributed by atoms with van der Waals surface area (Å²) in [7, 11) is 0. The number of rotatable bonds is 0. The van der Waals surface area contributed by atoms with Crippen LogP contribution in [0.2, 0.25) is 0 Å². The Balaban J connectivity index is 1.95. The van der Waals surface area contributed by atoms with Gasteiger partial charge < -0.3 is 0 Å². The zero-order valence-electron chi connectivity index (χ0n) is 20.1. The summed E-state index contributed by atoms with van der Waals surface area (Å²) < 4.78 is 72.5. The summed E-state index contributed by atoms with van der Waals surface area (Å²) in [5, 5.41) is 0. The lowest BCUT2D eigenvalue weighted by molar-refractivity contribution is -0.142. The van der Waals surface area contributed by atoms with Gasteiger partial charge in [0, 0.05) is 22.0 Å². The summed E-state index contributed by atoms with van der Waals surface area (Å²) in [5.41, 5.74) is -1.23. The van der Waals surface area contributed by atoms with Crippen molar-refractivity contribution >= 4 is 0 Å². The van der Waals surface area contributed by atoms with E-state index in [2.05, 4.69) is 4.98 Å². The number of hydrogen-bond acceptors (Lipinski definition) is 2. The summed E-state index contributed by atoms with van der Waals surface area (Å²) in [4.78, 5) is 9.50. The smallest absolute Gasteiger partial charge is 0.256 e. The Kier molecular flexibility index (Phi) is 5.32. The molecule has 8 bridgehead atoms. The Bertz CT molecular complexity index is 1400. The second kappa shape index (κ2) is 7.95. The van der Waals surface area contributed by atoms with Crippen LogP contribution in [0.3, 0.4) is 0 Å². The highest BCUT2D eigenvalue weighted by molar-refractivity contribution is 5.75. The Morgan fingerprint density at radius 2 is 1.19 bits per heavy atom. The summed E-state index contributed by atoms with van der Waals surface area (Å²) in [6.45, 7) is 7.70. The molecule has 5 rings (SSSR count). The first-order valence-electron chi connectivity index (χ1n) is 11.5. The third kappa shape index (κ3) is 3.69. The Morgan fingerprint density at radius 3 is 1.86 bits per heavy atom. The van der Waals surface area contributed by atoms with Crippen molar-refractivity contribution in [1.29, 1.82) is 0 Å². The van der Waals surface area contributed by atoms with Gasteiger partial charge in [-0.25, -0.2) is 8.78 Å². The Morgan fingerprint density at radius 1 is 0.639 bits per heavy atom. The Hall–Kier alpha value is -3.61. The predicted molar refractivity (Wildman–Crippen MR) is 129 cm³/mol. The van der Waals surface area contributed by atoms with E-state index in [1.165, 1.54) is 12.1 Å². The van der Waals surface area contributed by atoms with Gasteiger partial charge in [0.2, 0.25) is 0 Å². The highest BCUT2D eigenvalue weighted by Gasteiger charge is 2.41. The Labute approximate surface area is 205 Å². The molecule has 7 heteroatoms. The maximum absolute atomic E-state index is 15.4. The fourth-order valence-electron chi connectivity index (χ4n) is 4.70. The van der Waals surface area contributed by atoms with Crippen LogP contribution in [0.1, 0.15) is 55.9 Å². The van der Waals surface area contributed by atoms with E-state index in [9.17, 15) is 13.2 Å². The van der Waals surface area contributed by atoms with Crippen LogP contribution in [0.5, 0.6) is 0 Å². The van der Waals surface area contributed by atoms with Gasteiger partial charge in [-0.15, -0.1) is 0 Å². The van der Waals surface area contributed by atoms with Crippen LogP contribution in [-0.2, 0) is 17.0 Å². The third-order valence-corrected chi connectivity index (χ3v) is 7.07. The van der Waals surface area contributed by atoms with E-state index in [1.54, 1.807) is 24.3 Å². The number of alkyl halides is 3. The molecule has 0 fully saturated rings. The highest BCUT2D eigenvalue weighted by Crippen LogP contribution is 2.43. The van der Waals surface area contributed by atoms with Gasteiger partial charge in [0.25, 0.3) is 0 Å². The molecule has 0 spiro atoms. The van der Waals surface area contributed by atoms with E-state index in [4.69, 9.17) is 4.98 Å². The van der Waals surface area contributed by atoms with Gasteiger partial charge >= 0.3 is 6.18 Å². The number of aromatic nitrogens is 2. The molecule has 1 aliphatic heterocycles. The van der Waals surface area contributed by atoms with Crippen molar-refractivity contribution in [2.24, 2.45) is 0 Å². The van der Waals surface area contributed by atoms with Crippen molar-refractivity contribution in [3.63, 3.8) is 0 Å². The summed E-state index contributed by atoms with van der Waals surface area (Å²) in [5.74, 6) is -3.34. The summed E-state index contributed by atoms with van der Waals surface area (Å²) >= 11 is 0. The molecule has 0 aliphatic carbocycles. The third-order valence-electron chi connectivity index (χ3n) is 7.07. The van der Waals surface area contributed by atoms with Crippen LogP contribution in [-0.4, -0.2) is 9.97 Å². The molecule has 2 aromatic carbocycles. The van der Waals surface area contributed by atoms with Crippen LogP contribution in [0.15, 0.2) is 66.7 Å². The van der Waals surface area contributed by atoms with Gasteiger partial charge in [0.15, 0.2) is 0 Å². The van der Waals surface area contributed by atoms with Gasteiger partial charge in [-0.3, -0.25) is 9.97 Å². The molecule has 0 saturated carbocycles. The molecule has 0 atom stereocenters. The molecule has 184 valence electrons. The lowest BCUT2D eigenvalue weighted by Crippen LogP contribution is -2.26. The van der Waals surface area contributed by atoms with E-state index in [1.807, 2.05) is 52.0 Å². The highest BCUT2D eigenvalue weighted by atomic mass is 19.4. The second-order valence-corrected chi connectivity index (χ2v) is 10.1. The zero-order valence-corrected chi connectivity index (χ0v) is 20.1. The van der Waals surface area contributed by atoms with Gasteiger partial charge in [0.1, 0.15) is 17.2 Å². The molecule has 0 unspecified atom stereocenters. The van der Waals surface area contributed by atoms with Crippen molar-refractivity contribution < 1.29 is 22.0 Å². The average Bonchev–Trinajstić information content (AvgIpc) is 2.83. The van der Waals surface area contributed by atoms with Gasteiger partial charge in [-0.2, -0.15) is 13.2 Å². The van der Waals surface area contributed by atoms with Crippen LogP contribution < -0.4 is 0 Å². The largest absolute Gasteiger partial charge is 0.422 e. The standard InChI is InChI=1S/C29H23F5N2/c1-27(2)17-9-5-8-16(14-17)18-15-19(26(31)24(25(18)30)29(32,33)34)20-10-6-11-22(35-20)28(3,4)23-13-7-12-21(27)36-23/h5-15H,1-4H3. The average molecular weight is 495 g/mol. The van der Waals surface area contributed by atoms with E-state index in [0.717, 1.165) is 17.3 Å². The normalized spacial score (nSPS) is 15.8. The predicted octanol–water partition coefficient (Wildman–Crippen LogP) is 8.07. The SMILES string of the molecule is CC1(C)c2cccc(c2)-c2cc(c(F)c(C(F)(F)F)c2F)-c2cccc(n2)C(C)(C)c2cccc1n2. The molecule has 0 radical (unpaired) electrons. The topological polar surface area (TPSA) is 25.8 Å². The van der Waals surface area contributed by atoms with Gasteiger partial charge in [0.05, 0.1) is 22.8 Å². The monoisotopic (exact) mass is 494 g/mol. The first-order valence-corrected chi connectivity index (χ1v) is 11.5. The maximum Gasteiger partial charge on any atom is 0.422 e. The molecule has 36 heavy (non-hydrogen) atoms. The van der Waals surface area contributed by atoms with Crippen LogP contribution >= 0.6 is 0 Å². The molecule has 4 aromatic rings. The molecule has 0 N–H and O–H groups in total. The molecule has 2 aromatic heterocycles. The lowest BCUT2D eigenvalue weighted by Gasteiger charge is -2.30. The van der Waals surface area contributed by atoms with Crippen molar-refractivity contribution in [1.82, 2.24) is 9.97 Å². The van der Waals surface area contributed by atoms with Crippen molar-refractivity contribution in [3.05, 3.63) is 107 Å². The van der Waals surface area contributed by atoms with Crippen molar-refractivity contribution in [3.8, 4) is 22.4 Å². The molecule has 1 aliphatic rings. The second-order valence-electron chi connectivity index (χ2n) is 10.1. The molecular formula is C29H23F5N2. The van der Waals surface area contributed by atoms with Crippen LogP contribution in [0, 0.1) is 11.6 Å². The molecule has 3 heterocycles. The van der Waals surface area contributed by atoms with E-state index >= 15 is 8.78 Å². The number of pyridine rings is 2. The van der Waals surface area contributed by atoms with Crippen LogP contribution in [0.4, 0.5) is 22.0 Å². The quantitative estimate of drug-likeness (QED) is 0.231. The molecular weight excluding hydrogens is 471 g/mol. The molecule has 2 nitrogen and oxygen atoms in total. The summed E-state index contributed by atoms with van der Waals surface area (Å²) in [6.07, 6.45) is -5.24. The van der Waals surface area contributed by atoms with Gasteiger partial charge in [-0.1, -0.05) is 50.2 Å². The zero-order chi connectivity index (χ0) is 26.0. The summed E-state index contributed by atoms with van der Waals surface area (Å²) in [6, 6.07) is 18.2. The van der Waals surface area contributed by atoms with Crippen molar-refractivity contribution in [2.45, 2.75) is 44.7 Å². The minimum absolute atomic E-state index is 0.0190. The number of fused-ring (bicyclic) bond motifs is 10. The van der Waals surface area contributed by atoms with E-state index in [0.29, 0.717) is 11.4 Å². The van der Waals surface area contributed by atoms with E-state index in [-0.39, 0.29) is 16.8 Å². The number of hydrogen-bond donors (Lipinski definition) is 0. The van der Waals surface area contributed by atoms with E-state index < -0.39 is 39.8 Å².